The van der Waals surface area contributed by atoms with Crippen molar-refractivity contribution in [3.63, 3.8) is 0 Å². The van der Waals surface area contributed by atoms with Gasteiger partial charge in [0, 0.05) is 12.4 Å². The molecule has 2 heterocycles. The second-order valence-corrected chi connectivity index (χ2v) is 3.98. The predicted molar refractivity (Wildman–Crippen MR) is 67.6 cm³/mol. The number of rotatable bonds is 2. The largest absolute Gasteiger partial charge is 0.476 e. The summed E-state index contributed by atoms with van der Waals surface area (Å²) >= 11 is 0. The van der Waals surface area contributed by atoms with Crippen LogP contribution in [0, 0.1) is 0 Å². The molecule has 0 saturated carbocycles. The molecule has 4 heteroatoms. The lowest BCUT2D eigenvalue weighted by molar-refractivity contribution is 0.0691. The summed E-state index contributed by atoms with van der Waals surface area (Å²) in [5.41, 5.74) is 2.80. The van der Waals surface area contributed by atoms with Crippen molar-refractivity contribution in [3.05, 3.63) is 60.6 Å². The maximum absolute atomic E-state index is 10.8. The second-order valence-electron chi connectivity index (χ2n) is 3.98. The molecule has 0 aliphatic heterocycles. The number of nitrogens with zero attached hydrogens (tertiary/aromatic N) is 2. The Kier molecular flexibility index (Phi) is 2.34. The van der Waals surface area contributed by atoms with Crippen molar-refractivity contribution >= 4 is 11.6 Å². The topological polar surface area (TPSA) is 54.6 Å². The lowest BCUT2D eigenvalue weighted by Gasteiger charge is -2.01. The van der Waals surface area contributed by atoms with Gasteiger partial charge in [-0.05, 0) is 23.3 Å². The molecule has 0 fully saturated rings. The quantitative estimate of drug-likeness (QED) is 0.746. The van der Waals surface area contributed by atoms with Crippen LogP contribution in [0.3, 0.4) is 0 Å². The number of carbonyl (C=O) groups is 1. The predicted octanol–water partition coefficient (Wildman–Crippen LogP) is 2.70. The Labute approximate surface area is 103 Å². The summed E-state index contributed by atoms with van der Waals surface area (Å²) < 4.78 is 1.73. The van der Waals surface area contributed by atoms with Crippen LogP contribution in [0.4, 0.5) is 0 Å². The van der Waals surface area contributed by atoms with E-state index in [1.165, 1.54) is 6.20 Å². The van der Waals surface area contributed by atoms with Crippen molar-refractivity contribution in [3.8, 4) is 11.1 Å². The minimum atomic E-state index is -1.01. The molecule has 0 saturated heterocycles. The normalized spacial score (nSPS) is 10.7. The number of carboxylic acids is 1. The molecule has 0 radical (unpaired) electrons. The van der Waals surface area contributed by atoms with Crippen molar-refractivity contribution in [1.82, 2.24) is 9.38 Å². The van der Waals surface area contributed by atoms with Gasteiger partial charge in [-0.15, -0.1) is 0 Å². The van der Waals surface area contributed by atoms with Gasteiger partial charge in [-0.1, -0.05) is 30.3 Å². The lowest BCUT2D eigenvalue weighted by atomic mass is 10.1. The number of aromatic nitrogens is 2. The smallest absolute Gasteiger partial charge is 0.356 e. The molecule has 0 atom stereocenters. The van der Waals surface area contributed by atoms with E-state index in [2.05, 4.69) is 4.98 Å². The van der Waals surface area contributed by atoms with E-state index in [1.54, 1.807) is 4.40 Å². The van der Waals surface area contributed by atoms with Crippen molar-refractivity contribution < 1.29 is 9.90 Å². The molecule has 3 aromatic rings. The molecule has 3 rings (SSSR count). The van der Waals surface area contributed by atoms with E-state index in [9.17, 15) is 4.79 Å². The van der Waals surface area contributed by atoms with E-state index in [0.29, 0.717) is 5.65 Å². The third kappa shape index (κ3) is 1.73. The lowest BCUT2D eigenvalue weighted by Crippen LogP contribution is -1.94. The van der Waals surface area contributed by atoms with Crippen LogP contribution in [0.1, 0.15) is 10.5 Å². The molecule has 0 amide bonds. The zero-order valence-electron chi connectivity index (χ0n) is 9.45. The Morgan fingerprint density at radius 3 is 2.50 bits per heavy atom. The van der Waals surface area contributed by atoms with Gasteiger partial charge in [-0.25, -0.2) is 9.78 Å². The highest BCUT2D eigenvalue weighted by Gasteiger charge is 2.08. The molecule has 1 N–H and O–H groups in total. The van der Waals surface area contributed by atoms with E-state index in [-0.39, 0.29) is 5.69 Å². The van der Waals surface area contributed by atoms with Crippen molar-refractivity contribution in [1.29, 1.82) is 0 Å². The van der Waals surface area contributed by atoms with Gasteiger partial charge in [0.15, 0.2) is 5.69 Å². The summed E-state index contributed by atoms with van der Waals surface area (Å²) in [6, 6.07) is 13.7. The number of hydrogen-bond acceptors (Lipinski definition) is 2. The summed E-state index contributed by atoms with van der Waals surface area (Å²) in [4.78, 5) is 14.9. The SMILES string of the molecule is O=C(O)c1cn2cc(-c3ccccc3)ccc2n1. The van der Waals surface area contributed by atoms with Crippen molar-refractivity contribution in [2.75, 3.05) is 0 Å². The number of pyridine rings is 1. The number of benzene rings is 1. The van der Waals surface area contributed by atoms with Gasteiger partial charge >= 0.3 is 5.97 Å². The Morgan fingerprint density at radius 1 is 1.00 bits per heavy atom. The van der Waals surface area contributed by atoms with Crippen LogP contribution in [0.5, 0.6) is 0 Å². The number of fused-ring (bicyclic) bond motifs is 1. The minimum absolute atomic E-state index is 0.0558. The molecular weight excluding hydrogens is 228 g/mol. The van der Waals surface area contributed by atoms with E-state index >= 15 is 0 Å². The number of carboxylic acid groups (broad SMARTS) is 1. The Hall–Kier alpha value is -2.62. The Morgan fingerprint density at radius 2 is 1.78 bits per heavy atom. The molecule has 2 aromatic heterocycles. The highest BCUT2D eigenvalue weighted by molar-refractivity contribution is 5.86. The van der Waals surface area contributed by atoms with Gasteiger partial charge in [0.1, 0.15) is 5.65 Å². The first-order chi connectivity index (χ1) is 8.74. The molecular formula is C14H10N2O2. The fourth-order valence-electron chi connectivity index (χ4n) is 1.90. The number of aromatic carboxylic acids is 1. The molecule has 4 nitrogen and oxygen atoms in total. The first kappa shape index (κ1) is 10.5. The maximum atomic E-state index is 10.8. The van der Waals surface area contributed by atoms with Gasteiger partial charge in [-0.3, -0.25) is 0 Å². The molecule has 0 unspecified atom stereocenters. The Bertz CT molecular complexity index is 717. The highest BCUT2D eigenvalue weighted by atomic mass is 16.4. The fourth-order valence-corrected chi connectivity index (χ4v) is 1.90. The van der Waals surface area contributed by atoms with Gasteiger partial charge < -0.3 is 9.51 Å². The van der Waals surface area contributed by atoms with Crippen molar-refractivity contribution in [2.45, 2.75) is 0 Å². The van der Waals surface area contributed by atoms with Crippen molar-refractivity contribution in [2.24, 2.45) is 0 Å². The van der Waals surface area contributed by atoms with Gasteiger partial charge in [0.25, 0.3) is 0 Å². The van der Waals surface area contributed by atoms with Crippen LogP contribution in [0.25, 0.3) is 16.8 Å². The molecule has 88 valence electrons. The summed E-state index contributed by atoms with van der Waals surface area (Å²) in [5.74, 6) is -1.01. The maximum Gasteiger partial charge on any atom is 0.356 e. The van der Waals surface area contributed by atoms with Gasteiger partial charge in [-0.2, -0.15) is 0 Å². The van der Waals surface area contributed by atoms with E-state index in [4.69, 9.17) is 5.11 Å². The molecule has 0 aliphatic carbocycles. The second kappa shape index (κ2) is 4.00. The minimum Gasteiger partial charge on any atom is -0.476 e. The molecule has 1 aromatic carbocycles. The standard InChI is InChI=1S/C14H10N2O2/c17-14(18)12-9-16-8-11(6-7-13(16)15-12)10-4-2-1-3-5-10/h1-9H,(H,17,18). The summed E-state index contributed by atoms with van der Waals surface area (Å²) in [6.07, 6.45) is 3.40. The molecule has 18 heavy (non-hydrogen) atoms. The number of hydrogen-bond donors (Lipinski definition) is 1. The summed E-state index contributed by atoms with van der Waals surface area (Å²) in [7, 11) is 0. The molecule has 0 aliphatic rings. The third-order valence-electron chi connectivity index (χ3n) is 2.78. The fraction of sp³-hybridized carbons (Fsp3) is 0. The van der Waals surface area contributed by atoms with E-state index in [1.807, 2.05) is 48.7 Å². The Balaban J connectivity index is 2.14. The first-order valence-corrected chi connectivity index (χ1v) is 5.51. The summed E-state index contributed by atoms with van der Waals surface area (Å²) in [6.45, 7) is 0. The van der Waals surface area contributed by atoms with E-state index < -0.39 is 5.97 Å². The molecule has 0 bridgehead atoms. The highest BCUT2D eigenvalue weighted by Crippen LogP contribution is 2.19. The van der Waals surface area contributed by atoms with Crippen LogP contribution in [-0.4, -0.2) is 20.5 Å². The van der Waals surface area contributed by atoms with E-state index in [0.717, 1.165) is 11.1 Å². The third-order valence-corrected chi connectivity index (χ3v) is 2.78. The number of imidazole rings is 1. The average molecular weight is 238 g/mol. The zero-order chi connectivity index (χ0) is 12.5. The average Bonchev–Trinajstić information content (AvgIpc) is 2.82. The van der Waals surface area contributed by atoms with Gasteiger partial charge in [0.2, 0.25) is 0 Å². The van der Waals surface area contributed by atoms with Crippen LogP contribution in [0.2, 0.25) is 0 Å². The monoisotopic (exact) mass is 238 g/mol. The van der Waals surface area contributed by atoms with Crippen LogP contribution in [0.15, 0.2) is 54.9 Å². The van der Waals surface area contributed by atoms with Crippen LogP contribution in [-0.2, 0) is 0 Å². The summed E-state index contributed by atoms with van der Waals surface area (Å²) in [5, 5.41) is 8.90. The molecule has 0 spiro atoms. The first-order valence-electron chi connectivity index (χ1n) is 5.51. The zero-order valence-corrected chi connectivity index (χ0v) is 9.45. The van der Waals surface area contributed by atoms with Gasteiger partial charge in [0.05, 0.1) is 0 Å². The van der Waals surface area contributed by atoms with Crippen LogP contribution < -0.4 is 0 Å². The van der Waals surface area contributed by atoms with Crippen LogP contribution >= 0.6 is 0 Å².